The van der Waals surface area contributed by atoms with E-state index in [0.717, 1.165) is 49.3 Å². The van der Waals surface area contributed by atoms with E-state index in [9.17, 15) is 4.79 Å². The van der Waals surface area contributed by atoms with E-state index >= 15 is 0 Å². The molecule has 0 bridgehead atoms. The first-order valence-electron chi connectivity index (χ1n) is 8.16. The van der Waals surface area contributed by atoms with Crippen LogP contribution < -0.4 is 5.32 Å². The van der Waals surface area contributed by atoms with E-state index in [1.165, 1.54) is 0 Å². The molecule has 3 heteroatoms. The summed E-state index contributed by atoms with van der Waals surface area (Å²) in [5.41, 5.74) is 2.94. The van der Waals surface area contributed by atoms with Gasteiger partial charge < -0.3 is 10.2 Å². The van der Waals surface area contributed by atoms with Gasteiger partial charge in [-0.15, -0.1) is 0 Å². The molecule has 21 heavy (non-hydrogen) atoms. The van der Waals surface area contributed by atoms with Crippen LogP contribution in [0.5, 0.6) is 0 Å². The number of carbonyl (C=O) groups is 1. The van der Waals surface area contributed by atoms with Gasteiger partial charge in [0.05, 0.1) is 5.56 Å². The van der Waals surface area contributed by atoms with Crippen LogP contribution in [0.25, 0.3) is 0 Å². The van der Waals surface area contributed by atoms with Crippen LogP contribution >= 0.6 is 0 Å². The lowest BCUT2D eigenvalue weighted by atomic mass is 9.95. The molecule has 1 aliphatic rings. The normalized spacial score (nSPS) is 18.3. The highest BCUT2D eigenvalue weighted by molar-refractivity contribution is 6.00. The molecule has 0 spiro atoms. The van der Waals surface area contributed by atoms with Crippen molar-refractivity contribution < 1.29 is 4.79 Å². The lowest BCUT2D eigenvalue weighted by Gasteiger charge is -2.20. The summed E-state index contributed by atoms with van der Waals surface area (Å²) in [6, 6.07) is 6.12. The summed E-state index contributed by atoms with van der Waals surface area (Å²) in [6.07, 6.45) is 2.19. The summed E-state index contributed by atoms with van der Waals surface area (Å²) in [5, 5.41) is 3.38. The maximum absolute atomic E-state index is 12.8. The molecule has 1 aromatic rings. The largest absolute Gasteiger partial charge is 0.384 e. The Hall–Kier alpha value is -1.51. The number of benzene rings is 1. The Kier molecular flexibility index (Phi) is 5.27. The first kappa shape index (κ1) is 15.9. The topological polar surface area (TPSA) is 32.3 Å². The zero-order chi connectivity index (χ0) is 15.4. The Labute approximate surface area is 128 Å². The average Bonchev–Trinajstić information content (AvgIpc) is 2.95. The van der Waals surface area contributed by atoms with E-state index in [0.29, 0.717) is 11.8 Å². The molecule has 1 atom stereocenters. The van der Waals surface area contributed by atoms with Gasteiger partial charge in [0.2, 0.25) is 0 Å². The van der Waals surface area contributed by atoms with Crippen molar-refractivity contribution in [2.24, 2.45) is 11.8 Å². The molecule has 0 aromatic heterocycles. The third kappa shape index (κ3) is 3.78. The Balaban J connectivity index is 2.16. The molecule has 1 aliphatic heterocycles. The van der Waals surface area contributed by atoms with E-state index < -0.39 is 0 Å². The molecular weight excluding hydrogens is 260 g/mol. The molecule has 1 N–H and O–H groups in total. The fourth-order valence-electron chi connectivity index (χ4n) is 2.94. The van der Waals surface area contributed by atoms with E-state index in [4.69, 9.17) is 0 Å². The number of likely N-dealkylation sites (tertiary alicyclic amines) is 1. The molecule has 116 valence electrons. The van der Waals surface area contributed by atoms with Crippen LogP contribution in [-0.2, 0) is 0 Å². The predicted octanol–water partition coefficient (Wildman–Crippen LogP) is 3.94. The quantitative estimate of drug-likeness (QED) is 0.890. The van der Waals surface area contributed by atoms with Crippen molar-refractivity contribution in [2.75, 3.05) is 25.0 Å². The molecule has 2 rings (SSSR count). The number of anilines is 1. The summed E-state index contributed by atoms with van der Waals surface area (Å²) >= 11 is 0. The molecular formula is C18H28N2O. The second-order valence-corrected chi connectivity index (χ2v) is 6.52. The Morgan fingerprint density at radius 1 is 1.43 bits per heavy atom. The van der Waals surface area contributed by atoms with Crippen LogP contribution in [0, 0.1) is 18.8 Å². The number of aryl methyl sites for hydroxylation is 1. The third-order valence-corrected chi connectivity index (χ3v) is 4.43. The Bertz CT molecular complexity index is 496. The average molecular weight is 288 g/mol. The van der Waals surface area contributed by atoms with Gasteiger partial charge in [-0.3, -0.25) is 4.79 Å². The van der Waals surface area contributed by atoms with Crippen LogP contribution in [0.1, 0.15) is 49.5 Å². The number of rotatable bonds is 5. The van der Waals surface area contributed by atoms with Crippen LogP contribution in [0.2, 0.25) is 0 Å². The summed E-state index contributed by atoms with van der Waals surface area (Å²) < 4.78 is 0. The zero-order valence-corrected chi connectivity index (χ0v) is 13.8. The van der Waals surface area contributed by atoms with Crippen LogP contribution in [-0.4, -0.2) is 30.4 Å². The zero-order valence-electron chi connectivity index (χ0n) is 13.8. The molecule has 1 heterocycles. The first-order valence-corrected chi connectivity index (χ1v) is 8.16. The molecule has 1 saturated heterocycles. The summed E-state index contributed by atoms with van der Waals surface area (Å²) in [4.78, 5) is 14.9. The second kappa shape index (κ2) is 6.97. The van der Waals surface area contributed by atoms with Crippen LogP contribution in [0.3, 0.4) is 0 Å². The smallest absolute Gasteiger partial charge is 0.255 e. The van der Waals surface area contributed by atoms with Gasteiger partial charge in [-0.25, -0.2) is 0 Å². The van der Waals surface area contributed by atoms with E-state index in [-0.39, 0.29) is 5.91 Å². The minimum atomic E-state index is 0.181. The van der Waals surface area contributed by atoms with Crippen LogP contribution in [0.4, 0.5) is 5.69 Å². The van der Waals surface area contributed by atoms with Crippen molar-refractivity contribution in [3.63, 3.8) is 0 Å². The highest BCUT2D eigenvalue weighted by Gasteiger charge is 2.29. The SMILES string of the molecule is CCCNc1ccc(C)cc1C(=O)N1CCC(C(C)C)C1. The third-order valence-electron chi connectivity index (χ3n) is 4.43. The van der Waals surface area contributed by atoms with Crippen molar-refractivity contribution >= 4 is 11.6 Å². The van der Waals surface area contributed by atoms with Gasteiger partial charge in [-0.05, 0) is 43.7 Å². The number of amides is 1. The van der Waals surface area contributed by atoms with Crippen molar-refractivity contribution in [2.45, 2.75) is 40.5 Å². The van der Waals surface area contributed by atoms with Crippen molar-refractivity contribution in [3.05, 3.63) is 29.3 Å². The molecule has 0 radical (unpaired) electrons. The van der Waals surface area contributed by atoms with Crippen LogP contribution in [0.15, 0.2) is 18.2 Å². The van der Waals surface area contributed by atoms with Gasteiger partial charge in [0.15, 0.2) is 0 Å². The fraction of sp³-hybridized carbons (Fsp3) is 0.611. The lowest BCUT2D eigenvalue weighted by molar-refractivity contribution is 0.0785. The molecule has 1 fully saturated rings. The monoisotopic (exact) mass is 288 g/mol. The minimum absolute atomic E-state index is 0.181. The van der Waals surface area contributed by atoms with Crippen molar-refractivity contribution in [1.29, 1.82) is 0 Å². The maximum atomic E-state index is 12.8. The first-order chi connectivity index (χ1) is 10.0. The number of nitrogens with zero attached hydrogens (tertiary/aromatic N) is 1. The maximum Gasteiger partial charge on any atom is 0.255 e. The molecule has 3 nitrogen and oxygen atoms in total. The molecule has 1 amide bonds. The van der Waals surface area contributed by atoms with Gasteiger partial charge >= 0.3 is 0 Å². The molecule has 0 aliphatic carbocycles. The second-order valence-electron chi connectivity index (χ2n) is 6.52. The number of nitrogens with one attached hydrogen (secondary N) is 1. The number of carbonyl (C=O) groups excluding carboxylic acids is 1. The Morgan fingerprint density at radius 2 is 2.19 bits per heavy atom. The van der Waals surface area contributed by atoms with Crippen molar-refractivity contribution in [3.8, 4) is 0 Å². The predicted molar refractivity (Wildman–Crippen MR) is 88.8 cm³/mol. The van der Waals surface area contributed by atoms with E-state index in [1.54, 1.807) is 0 Å². The van der Waals surface area contributed by atoms with E-state index in [1.807, 2.05) is 24.0 Å². The van der Waals surface area contributed by atoms with Crippen molar-refractivity contribution in [1.82, 2.24) is 4.90 Å². The van der Waals surface area contributed by atoms with Gasteiger partial charge in [0.1, 0.15) is 0 Å². The molecule has 0 saturated carbocycles. The summed E-state index contributed by atoms with van der Waals surface area (Å²) in [6.45, 7) is 11.4. The number of hydrogen-bond donors (Lipinski definition) is 1. The lowest BCUT2D eigenvalue weighted by Crippen LogP contribution is -2.30. The standard InChI is InChI=1S/C18H28N2O/c1-5-9-19-17-7-6-14(4)11-16(17)18(21)20-10-8-15(12-20)13(2)3/h6-7,11,13,15,19H,5,8-10,12H2,1-4H3. The molecule has 1 unspecified atom stereocenters. The summed E-state index contributed by atoms with van der Waals surface area (Å²) in [7, 11) is 0. The van der Waals surface area contributed by atoms with Gasteiger partial charge in [-0.2, -0.15) is 0 Å². The highest BCUT2D eigenvalue weighted by atomic mass is 16.2. The van der Waals surface area contributed by atoms with Gasteiger partial charge in [0.25, 0.3) is 5.91 Å². The minimum Gasteiger partial charge on any atom is -0.384 e. The Morgan fingerprint density at radius 3 is 2.81 bits per heavy atom. The molecule has 1 aromatic carbocycles. The van der Waals surface area contributed by atoms with Gasteiger partial charge in [-0.1, -0.05) is 32.4 Å². The highest BCUT2D eigenvalue weighted by Crippen LogP contribution is 2.27. The van der Waals surface area contributed by atoms with Gasteiger partial charge in [0, 0.05) is 25.3 Å². The summed E-state index contributed by atoms with van der Waals surface area (Å²) in [5.74, 6) is 1.48. The van der Waals surface area contributed by atoms with E-state index in [2.05, 4.69) is 32.2 Å². The number of hydrogen-bond acceptors (Lipinski definition) is 2. The fourth-order valence-corrected chi connectivity index (χ4v) is 2.94.